The third-order valence-corrected chi connectivity index (χ3v) is 1.20. The van der Waals surface area contributed by atoms with E-state index in [4.69, 9.17) is 5.11 Å². The maximum Gasteiger partial charge on any atom is 0.114 e. The Balaban J connectivity index is 3.43. The van der Waals surface area contributed by atoms with Crippen LogP contribution in [0, 0.1) is 0 Å². The predicted octanol–water partition coefficient (Wildman–Crippen LogP) is 0.0344. The van der Waals surface area contributed by atoms with Crippen LogP contribution in [0.15, 0.2) is 0 Å². The first-order chi connectivity index (χ1) is 4.12. The Morgan fingerprint density at radius 2 is 2.11 bits per heavy atom. The van der Waals surface area contributed by atoms with Crippen LogP contribution >= 0.6 is 0 Å². The standard InChI is InChI=1S/C6H15NO2/c1-3-4-6(2,9)7-5-8/h7-9H,3-5H2,1-2H3. The molecule has 0 fully saturated rings. The van der Waals surface area contributed by atoms with Gasteiger partial charge >= 0.3 is 0 Å². The van der Waals surface area contributed by atoms with Crippen LogP contribution in [0.4, 0.5) is 0 Å². The summed E-state index contributed by atoms with van der Waals surface area (Å²) in [5.41, 5.74) is -0.899. The van der Waals surface area contributed by atoms with Crippen LogP contribution in [-0.2, 0) is 0 Å². The number of nitrogens with one attached hydrogen (secondary N) is 1. The van der Waals surface area contributed by atoms with E-state index in [9.17, 15) is 5.11 Å². The Kier molecular flexibility index (Phi) is 3.77. The quantitative estimate of drug-likeness (QED) is 0.474. The number of aliphatic hydroxyl groups excluding tert-OH is 1. The molecule has 0 heterocycles. The molecule has 0 aromatic heterocycles. The summed E-state index contributed by atoms with van der Waals surface area (Å²) in [5.74, 6) is 0. The third-order valence-electron chi connectivity index (χ3n) is 1.20. The Hall–Kier alpha value is -0.120. The van der Waals surface area contributed by atoms with Gasteiger partial charge in [0.2, 0.25) is 0 Å². The molecule has 0 bridgehead atoms. The van der Waals surface area contributed by atoms with E-state index >= 15 is 0 Å². The first-order valence-corrected chi connectivity index (χ1v) is 3.20. The Morgan fingerprint density at radius 1 is 1.56 bits per heavy atom. The van der Waals surface area contributed by atoms with Crippen molar-refractivity contribution in [1.82, 2.24) is 5.32 Å². The van der Waals surface area contributed by atoms with Gasteiger partial charge in [0.1, 0.15) is 5.72 Å². The van der Waals surface area contributed by atoms with Gasteiger partial charge in [0.15, 0.2) is 0 Å². The van der Waals surface area contributed by atoms with Crippen molar-refractivity contribution in [2.45, 2.75) is 32.4 Å². The average molecular weight is 133 g/mol. The lowest BCUT2D eigenvalue weighted by Gasteiger charge is -2.22. The summed E-state index contributed by atoms with van der Waals surface area (Å²) in [7, 11) is 0. The molecule has 0 aliphatic carbocycles. The highest BCUT2D eigenvalue weighted by molar-refractivity contribution is 4.65. The second-order valence-electron chi connectivity index (χ2n) is 2.36. The molecule has 3 heteroatoms. The first-order valence-electron chi connectivity index (χ1n) is 3.20. The van der Waals surface area contributed by atoms with Crippen LogP contribution in [0.5, 0.6) is 0 Å². The number of hydrogen-bond donors (Lipinski definition) is 3. The molecule has 56 valence electrons. The van der Waals surface area contributed by atoms with Crippen molar-refractivity contribution in [2.24, 2.45) is 0 Å². The fourth-order valence-corrected chi connectivity index (χ4v) is 0.746. The molecule has 0 aromatic carbocycles. The monoisotopic (exact) mass is 133 g/mol. The largest absolute Gasteiger partial charge is 0.381 e. The fourth-order valence-electron chi connectivity index (χ4n) is 0.746. The van der Waals surface area contributed by atoms with Crippen molar-refractivity contribution < 1.29 is 10.2 Å². The molecule has 0 aliphatic rings. The number of rotatable bonds is 4. The maximum absolute atomic E-state index is 9.24. The predicted molar refractivity (Wildman–Crippen MR) is 35.8 cm³/mol. The van der Waals surface area contributed by atoms with Crippen molar-refractivity contribution in [3.63, 3.8) is 0 Å². The van der Waals surface area contributed by atoms with Gasteiger partial charge in [0.05, 0.1) is 6.73 Å². The van der Waals surface area contributed by atoms with E-state index in [-0.39, 0.29) is 6.73 Å². The van der Waals surface area contributed by atoms with Crippen molar-refractivity contribution in [1.29, 1.82) is 0 Å². The van der Waals surface area contributed by atoms with Crippen LogP contribution < -0.4 is 5.32 Å². The van der Waals surface area contributed by atoms with Gasteiger partial charge in [-0.15, -0.1) is 0 Å². The van der Waals surface area contributed by atoms with Gasteiger partial charge in [0.25, 0.3) is 0 Å². The van der Waals surface area contributed by atoms with E-state index < -0.39 is 5.72 Å². The minimum atomic E-state index is -0.899. The lowest BCUT2D eigenvalue weighted by atomic mass is 10.1. The molecular formula is C6H15NO2. The average Bonchev–Trinajstić information content (AvgIpc) is 1.64. The molecule has 0 saturated heterocycles. The summed E-state index contributed by atoms with van der Waals surface area (Å²) in [4.78, 5) is 0. The highest BCUT2D eigenvalue weighted by Gasteiger charge is 2.15. The SMILES string of the molecule is CCCC(C)(O)NCO. The van der Waals surface area contributed by atoms with Gasteiger partial charge in [-0.05, 0) is 13.3 Å². The lowest BCUT2D eigenvalue weighted by Crippen LogP contribution is -2.42. The van der Waals surface area contributed by atoms with E-state index in [0.717, 1.165) is 6.42 Å². The number of aliphatic hydroxyl groups is 2. The molecular weight excluding hydrogens is 118 g/mol. The zero-order chi connectivity index (χ0) is 7.33. The highest BCUT2D eigenvalue weighted by Crippen LogP contribution is 2.05. The maximum atomic E-state index is 9.24. The second kappa shape index (κ2) is 3.82. The molecule has 0 spiro atoms. The molecule has 3 nitrogen and oxygen atoms in total. The summed E-state index contributed by atoms with van der Waals surface area (Å²) in [5, 5.41) is 20.1. The topological polar surface area (TPSA) is 52.5 Å². The van der Waals surface area contributed by atoms with Gasteiger partial charge in [-0.3, -0.25) is 5.32 Å². The summed E-state index contributed by atoms with van der Waals surface area (Å²) in [6.07, 6.45) is 1.56. The lowest BCUT2D eigenvalue weighted by molar-refractivity contribution is -0.00693. The van der Waals surface area contributed by atoms with Gasteiger partial charge in [-0.1, -0.05) is 13.3 Å². The Labute approximate surface area is 55.7 Å². The van der Waals surface area contributed by atoms with E-state index in [1.807, 2.05) is 6.92 Å². The normalized spacial score (nSPS) is 17.3. The van der Waals surface area contributed by atoms with Crippen LogP contribution in [-0.4, -0.2) is 22.7 Å². The van der Waals surface area contributed by atoms with Gasteiger partial charge in [-0.2, -0.15) is 0 Å². The zero-order valence-electron chi connectivity index (χ0n) is 6.02. The first kappa shape index (κ1) is 8.88. The van der Waals surface area contributed by atoms with Crippen molar-refractivity contribution in [3.8, 4) is 0 Å². The molecule has 9 heavy (non-hydrogen) atoms. The molecule has 3 N–H and O–H groups in total. The summed E-state index contributed by atoms with van der Waals surface area (Å²) in [6.45, 7) is 3.45. The molecule has 0 radical (unpaired) electrons. The second-order valence-corrected chi connectivity index (χ2v) is 2.36. The van der Waals surface area contributed by atoms with E-state index in [0.29, 0.717) is 6.42 Å². The highest BCUT2D eigenvalue weighted by atomic mass is 16.3. The molecule has 0 aromatic rings. The molecule has 0 amide bonds. The minimum absolute atomic E-state index is 0.174. The van der Waals surface area contributed by atoms with Crippen molar-refractivity contribution in [3.05, 3.63) is 0 Å². The molecule has 0 aliphatic heterocycles. The summed E-state index contributed by atoms with van der Waals surface area (Å²) in [6, 6.07) is 0. The molecule has 0 rings (SSSR count). The summed E-state index contributed by atoms with van der Waals surface area (Å²) < 4.78 is 0. The van der Waals surface area contributed by atoms with Crippen LogP contribution in [0.3, 0.4) is 0 Å². The van der Waals surface area contributed by atoms with E-state index in [1.54, 1.807) is 6.92 Å². The van der Waals surface area contributed by atoms with Gasteiger partial charge in [-0.25, -0.2) is 0 Å². The van der Waals surface area contributed by atoms with Crippen molar-refractivity contribution in [2.75, 3.05) is 6.73 Å². The Bertz CT molecular complexity index is 65.5. The third kappa shape index (κ3) is 4.39. The number of hydrogen-bond acceptors (Lipinski definition) is 3. The molecule has 1 unspecified atom stereocenters. The molecule has 1 atom stereocenters. The zero-order valence-corrected chi connectivity index (χ0v) is 6.02. The summed E-state index contributed by atoms with van der Waals surface area (Å²) >= 11 is 0. The van der Waals surface area contributed by atoms with Crippen LogP contribution in [0.25, 0.3) is 0 Å². The van der Waals surface area contributed by atoms with Gasteiger partial charge in [0, 0.05) is 0 Å². The van der Waals surface area contributed by atoms with Crippen LogP contribution in [0.2, 0.25) is 0 Å². The van der Waals surface area contributed by atoms with E-state index in [2.05, 4.69) is 5.32 Å². The fraction of sp³-hybridized carbons (Fsp3) is 1.00. The van der Waals surface area contributed by atoms with E-state index in [1.165, 1.54) is 0 Å². The minimum Gasteiger partial charge on any atom is -0.381 e. The van der Waals surface area contributed by atoms with Gasteiger partial charge < -0.3 is 10.2 Å². The Morgan fingerprint density at radius 3 is 2.44 bits per heavy atom. The molecule has 0 saturated carbocycles. The van der Waals surface area contributed by atoms with Crippen LogP contribution in [0.1, 0.15) is 26.7 Å². The van der Waals surface area contributed by atoms with Crippen molar-refractivity contribution >= 4 is 0 Å². The smallest absolute Gasteiger partial charge is 0.114 e.